The number of halogens is 3. The Morgan fingerprint density at radius 1 is 1.15 bits per heavy atom. The summed E-state index contributed by atoms with van der Waals surface area (Å²) in [7, 11) is 1.33. The number of benzene rings is 2. The minimum Gasteiger partial charge on any atom is -0.332 e. The number of para-hydroxylation sites is 1. The number of hydrogen-bond acceptors (Lipinski definition) is 4. The van der Waals surface area contributed by atoms with E-state index in [4.69, 9.17) is 34.8 Å². The maximum atomic E-state index is 12.5. The van der Waals surface area contributed by atoms with Crippen LogP contribution in [-0.4, -0.2) is 35.2 Å². The Labute approximate surface area is 163 Å². The van der Waals surface area contributed by atoms with Crippen LogP contribution in [0.4, 0.5) is 11.4 Å². The molecule has 0 aliphatic heterocycles. The van der Waals surface area contributed by atoms with Gasteiger partial charge in [0.2, 0.25) is 5.91 Å². The number of nitro benzene ring substituents is 1. The first-order chi connectivity index (χ1) is 12.2. The Balaban J connectivity index is 2.16. The van der Waals surface area contributed by atoms with Crippen LogP contribution in [0.2, 0.25) is 15.1 Å². The van der Waals surface area contributed by atoms with Crippen molar-refractivity contribution in [2.24, 2.45) is 0 Å². The van der Waals surface area contributed by atoms with Crippen molar-refractivity contribution in [2.75, 3.05) is 18.9 Å². The predicted octanol–water partition coefficient (Wildman–Crippen LogP) is 4.27. The third-order valence-electron chi connectivity index (χ3n) is 3.34. The van der Waals surface area contributed by atoms with Gasteiger partial charge in [-0.25, -0.2) is 0 Å². The molecule has 7 nitrogen and oxygen atoms in total. The molecule has 0 saturated heterocycles. The van der Waals surface area contributed by atoms with Crippen LogP contribution in [0.25, 0.3) is 0 Å². The Kier molecular flexibility index (Phi) is 6.42. The minimum atomic E-state index is -0.723. The van der Waals surface area contributed by atoms with Crippen molar-refractivity contribution in [1.29, 1.82) is 0 Å². The molecule has 0 radical (unpaired) electrons. The smallest absolute Gasteiger partial charge is 0.282 e. The molecule has 1 N–H and O–H groups in total. The molecule has 0 aromatic heterocycles. The number of likely N-dealkylation sites (N-methyl/N-ethyl adjacent to an activating group) is 1. The molecule has 0 aliphatic rings. The molecule has 2 aromatic carbocycles. The highest BCUT2D eigenvalue weighted by atomic mass is 35.5. The lowest BCUT2D eigenvalue weighted by Gasteiger charge is -2.17. The van der Waals surface area contributed by atoms with Gasteiger partial charge in [-0.15, -0.1) is 0 Å². The molecular weight excluding hydrogens is 405 g/mol. The van der Waals surface area contributed by atoms with Gasteiger partial charge in [0.05, 0.1) is 27.2 Å². The molecule has 2 rings (SSSR count). The van der Waals surface area contributed by atoms with Gasteiger partial charge in [0, 0.05) is 18.1 Å². The molecule has 0 saturated carbocycles. The van der Waals surface area contributed by atoms with Crippen molar-refractivity contribution in [2.45, 2.75) is 0 Å². The van der Waals surface area contributed by atoms with Gasteiger partial charge in [0.1, 0.15) is 5.56 Å². The summed E-state index contributed by atoms with van der Waals surface area (Å²) in [6.45, 7) is -0.371. The number of anilines is 1. The van der Waals surface area contributed by atoms with Gasteiger partial charge in [-0.05, 0) is 24.3 Å². The molecule has 2 aromatic rings. The molecule has 0 aliphatic carbocycles. The van der Waals surface area contributed by atoms with Gasteiger partial charge in [-0.3, -0.25) is 19.7 Å². The van der Waals surface area contributed by atoms with Gasteiger partial charge in [0.25, 0.3) is 11.6 Å². The van der Waals surface area contributed by atoms with Crippen LogP contribution in [-0.2, 0) is 4.79 Å². The zero-order valence-electron chi connectivity index (χ0n) is 13.3. The molecule has 2 amide bonds. The maximum Gasteiger partial charge on any atom is 0.282 e. The normalized spacial score (nSPS) is 10.3. The number of amides is 2. The van der Waals surface area contributed by atoms with Crippen molar-refractivity contribution in [3.63, 3.8) is 0 Å². The molecule has 0 unspecified atom stereocenters. The van der Waals surface area contributed by atoms with E-state index in [0.29, 0.717) is 0 Å². The molecule has 136 valence electrons. The van der Waals surface area contributed by atoms with Crippen molar-refractivity contribution in [3.8, 4) is 0 Å². The van der Waals surface area contributed by atoms with Crippen molar-refractivity contribution in [3.05, 3.63) is 67.1 Å². The van der Waals surface area contributed by atoms with E-state index in [9.17, 15) is 19.7 Å². The van der Waals surface area contributed by atoms with Crippen molar-refractivity contribution < 1.29 is 14.5 Å². The third-order valence-corrected chi connectivity index (χ3v) is 4.21. The number of nitrogens with one attached hydrogen (secondary N) is 1. The van der Waals surface area contributed by atoms with E-state index in [-0.39, 0.29) is 32.9 Å². The number of nitrogens with zero attached hydrogens (tertiary/aromatic N) is 2. The van der Waals surface area contributed by atoms with E-state index in [1.165, 1.54) is 19.2 Å². The second-order valence-electron chi connectivity index (χ2n) is 5.22. The van der Waals surface area contributed by atoms with E-state index in [0.717, 1.165) is 11.0 Å². The van der Waals surface area contributed by atoms with Crippen LogP contribution in [0.15, 0.2) is 36.4 Å². The Hall–Kier alpha value is -2.35. The predicted molar refractivity (Wildman–Crippen MR) is 100 cm³/mol. The summed E-state index contributed by atoms with van der Waals surface area (Å²) in [4.78, 5) is 36.1. The lowest BCUT2D eigenvalue weighted by Crippen LogP contribution is -2.35. The van der Waals surface area contributed by atoms with Crippen molar-refractivity contribution >= 4 is 58.0 Å². The molecule has 10 heteroatoms. The standard InChI is InChI=1S/C16H12Cl3N3O4/c1-21(8-14(23)20-15-11(18)3-2-4-12(15)19)16(24)10-7-9(17)5-6-13(10)22(25)26/h2-7H,8H2,1H3,(H,20,23). The highest BCUT2D eigenvalue weighted by Crippen LogP contribution is 2.29. The number of carbonyl (C=O) groups excluding carboxylic acids is 2. The van der Waals surface area contributed by atoms with Crippen LogP contribution in [0.1, 0.15) is 10.4 Å². The summed E-state index contributed by atoms with van der Waals surface area (Å²) < 4.78 is 0. The van der Waals surface area contributed by atoms with Crippen LogP contribution in [0.3, 0.4) is 0 Å². The minimum absolute atomic E-state index is 0.166. The molecule has 0 fully saturated rings. The van der Waals surface area contributed by atoms with E-state index in [2.05, 4.69) is 5.32 Å². The monoisotopic (exact) mass is 415 g/mol. The number of rotatable bonds is 5. The van der Waals surface area contributed by atoms with Gasteiger partial charge >= 0.3 is 0 Å². The molecular formula is C16H12Cl3N3O4. The molecule has 0 atom stereocenters. The summed E-state index contributed by atoms with van der Waals surface area (Å²) in [5.74, 6) is -1.29. The highest BCUT2D eigenvalue weighted by molar-refractivity contribution is 6.39. The first kappa shape index (κ1) is 20.0. The topological polar surface area (TPSA) is 92.6 Å². The van der Waals surface area contributed by atoms with Gasteiger partial charge in [0.15, 0.2) is 0 Å². The first-order valence-corrected chi connectivity index (χ1v) is 8.27. The Morgan fingerprint density at radius 2 is 1.77 bits per heavy atom. The second-order valence-corrected chi connectivity index (χ2v) is 6.48. The lowest BCUT2D eigenvalue weighted by atomic mass is 10.1. The number of carbonyl (C=O) groups is 2. The van der Waals surface area contributed by atoms with Gasteiger partial charge in [-0.1, -0.05) is 40.9 Å². The Morgan fingerprint density at radius 3 is 2.35 bits per heavy atom. The highest BCUT2D eigenvalue weighted by Gasteiger charge is 2.24. The van der Waals surface area contributed by atoms with Crippen LogP contribution >= 0.6 is 34.8 Å². The second kappa shape index (κ2) is 8.35. The quantitative estimate of drug-likeness (QED) is 0.582. The fourth-order valence-electron chi connectivity index (χ4n) is 2.13. The summed E-state index contributed by atoms with van der Waals surface area (Å²) in [5, 5.41) is 14.2. The third kappa shape index (κ3) is 4.63. The first-order valence-electron chi connectivity index (χ1n) is 7.14. The largest absolute Gasteiger partial charge is 0.332 e. The average Bonchev–Trinajstić information content (AvgIpc) is 2.57. The Bertz CT molecular complexity index is 869. The van der Waals surface area contributed by atoms with Crippen molar-refractivity contribution in [1.82, 2.24) is 4.90 Å². The zero-order valence-corrected chi connectivity index (χ0v) is 15.6. The lowest BCUT2D eigenvalue weighted by molar-refractivity contribution is -0.385. The average molecular weight is 417 g/mol. The molecule has 26 heavy (non-hydrogen) atoms. The molecule has 0 spiro atoms. The van der Waals surface area contributed by atoms with Crippen LogP contribution in [0, 0.1) is 10.1 Å². The fourth-order valence-corrected chi connectivity index (χ4v) is 2.79. The van der Waals surface area contributed by atoms with Crippen LogP contribution in [0.5, 0.6) is 0 Å². The SMILES string of the molecule is CN(CC(=O)Nc1c(Cl)cccc1Cl)C(=O)c1cc(Cl)ccc1[N+](=O)[O-]. The molecule has 0 bridgehead atoms. The van der Waals surface area contributed by atoms with E-state index in [1.54, 1.807) is 18.2 Å². The van der Waals surface area contributed by atoms with Gasteiger partial charge in [-0.2, -0.15) is 0 Å². The zero-order chi connectivity index (χ0) is 19.4. The summed E-state index contributed by atoms with van der Waals surface area (Å²) in [6.07, 6.45) is 0. The van der Waals surface area contributed by atoms with E-state index in [1.807, 2.05) is 0 Å². The van der Waals surface area contributed by atoms with E-state index < -0.39 is 22.4 Å². The number of hydrogen-bond donors (Lipinski definition) is 1. The van der Waals surface area contributed by atoms with Crippen LogP contribution < -0.4 is 5.32 Å². The fraction of sp³-hybridized carbons (Fsp3) is 0.125. The summed E-state index contributed by atoms with van der Waals surface area (Å²) >= 11 is 17.8. The maximum absolute atomic E-state index is 12.5. The van der Waals surface area contributed by atoms with Gasteiger partial charge < -0.3 is 10.2 Å². The summed E-state index contributed by atoms with van der Waals surface area (Å²) in [5.41, 5.74) is -0.398. The molecule has 0 heterocycles. The van der Waals surface area contributed by atoms with E-state index >= 15 is 0 Å². The number of nitro groups is 1. The summed E-state index contributed by atoms with van der Waals surface area (Å²) in [6, 6.07) is 8.34.